The van der Waals surface area contributed by atoms with Gasteiger partial charge in [0.1, 0.15) is 5.78 Å². The van der Waals surface area contributed by atoms with E-state index in [1.807, 2.05) is 30.3 Å². The van der Waals surface area contributed by atoms with Crippen molar-refractivity contribution in [3.63, 3.8) is 0 Å². The van der Waals surface area contributed by atoms with Crippen LogP contribution in [0.5, 0.6) is 0 Å². The lowest BCUT2D eigenvalue weighted by molar-refractivity contribution is -0.124. The molecular formula is C17H22N2O2. The largest absolute Gasteiger partial charge is 0.399 e. The van der Waals surface area contributed by atoms with Gasteiger partial charge in [0.05, 0.1) is 13.2 Å². The van der Waals surface area contributed by atoms with Gasteiger partial charge >= 0.3 is 0 Å². The second-order valence-corrected chi connectivity index (χ2v) is 5.19. The number of ketones is 1. The van der Waals surface area contributed by atoms with Crippen LogP contribution in [-0.2, 0) is 9.53 Å². The highest BCUT2D eigenvalue weighted by Crippen LogP contribution is 2.21. The van der Waals surface area contributed by atoms with Crippen molar-refractivity contribution in [2.75, 3.05) is 18.9 Å². The summed E-state index contributed by atoms with van der Waals surface area (Å²) in [5.41, 5.74) is 14.6. The fraction of sp³-hybridized carbons (Fsp3) is 0.353. The summed E-state index contributed by atoms with van der Waals surface area (Å²) in [5.74, 6) is 0.339. The molecule has 4 N–H and O–H groups in total. The van der Waals surface area contributed by atoms with E-state index in [9.17, 15) is 4.79 Å². The minimum Gasteiger partial charge on any atom is -0.399 e. The molecule has 4 nitrogen and oxygen atoms in total. The molecule has 0 amide bonds. The van der Waals surface area contributed by atoms with Gasteiger partial charge in [0.25, 0.3) is 0 Å². The van der Waals surface area contributed by atoms with Crippen LogP contribution in [0.4, 0.5) is 5.69 Å². The van der Waals surface area contributed by atoms with E-state index in [-0.39, 0.29) is 6.04 Å². The molecule has 1 heterocycles. The van der Waals surface area contributed by atoms with Gasteiger partial charge in [0.2, 0.25) is 0 Å². The zero-order chi connectivity index (χ0) is 15.1. The van der Waals surface area contributed by atoms with Crippen molar-refractivity contribution in [1.29, 1.82) is 0 Å². The Bertz CT molecular complexity index is 524. The number of carbonyl (C=O) groups excluding carboxylic acids is 1. The first-order valence-corrected chi connectivity index (χ1v) is 7.24. The highest BCUT2D eigenvalue weighted by Gasteiger charge is 2.06. The van der Waals surface area contributed by atoms with Crippen molar-refractivity contribution in [2.45, 2.75) is 25.3 Å². The minimum absolute atomic E-state index is 0.174. The van der Waals surface area contributed by atoms with Crippen molar-refractivity contribution in [1.82, 2.24) is 0 Å². The minimum atomic E-state index is 0.174. The molecule has 2 aliphatic rings. The lowest BCUT2D eigenvalue weighted by atomic mass is 9.97. The quantitative estimate of drug-likeness (QED) is 0.776. The van der Waals surface area contributed by atoms with E-state index >= 15 is 0 Å². The molecule has 0 saturated carbocycles. The first-order chi connectivity index (χ1) is 10.1. The van der Waals surface area contributed by atoms with Crippen LogP contribution >= 0.6 is 0 Å². The Labute approximate surface area is 125 Å². The summed E-state index contributed by atoms with van der Waals surface area (Å²) in [4.78, 5) is 10.4. The van der Waals surface area contributed by atoms with E-state index in [0.717, 1.165) is 12.1 Å². The number of ether oxygens (including phenoxy) is 1. The third-order valence-electron chi connectivity index (χ3n) is 3.43. The summed E-state index contributed by atoms with van der Waals surface area (Å²) in [6.07, 6.45) is 8.43. The maximum absolute atomic E-state index is 10.4. The third kappa shape index (κ3) is 5.17. The smallest absolute Gasteiger partial charge is 0.137 e. The second-order valence-electron chi connectivity index (χ2n) is 5.19. The number of allylic oxidation sites excluding steroid dienone is 2. The highest BCUT2D eigenvalue weighted by atomic mass is 16.5. The first-order valence-electron chi connectivity index (χ1n) is 7.24. The van der Waals surface area contributed by atoms with E-state index in [2.05, 4.69) is 12.2 Å². The molecule has 1 atom stereocenters. The summed E-state index contributed by atoms with van der Waals surface area (Å²) >= 11 is 0. The van der Waals surface area contributed by atoms with E-state index in [4.69, 9.17) is 16.2 Å². The van der Waals surface area contributed by atoms with Crippen LogP contribution in [0.2, 0.25) is 0 Å². The summed E-state index contributed by atoms with van der Waals surface area (Å²) in [6, 6.07) is 8.06. The maximum Gasteiger partial charge on any atom is 0.137 e. The van der Waals surface area contributed by atoms with E-state index in [0.29, 0.717) is 31.8 Å². The van der Waals surface area contributed by atoms with Crippen molar-refractivity contribution >= 4 is 17.0 Å². The number of nitrogens with two attached hydrogens (primary N) is 2. The normalized spacial score (nSPS) is 21.3. The van der Waals surface area contributed by atoms with Crippen molar-refractivity contribution in [3.05, 3.63) is 48.1 Å². The topological polar surface area (TPSA) is 78.3 Å². The van der Waals surface area contributed by atoms with Crippen LogP contribution < -0.4 is 11.5 Å². The summed E-state index contributed by atoms with van der Waals surface area (Å²) in [7, 11) is 0. The number of hydrogen-bond donors (Lipinski definition) is 2. The fourth-order valence-electron chi connectivity index (χ4n) is 2.13. The zero-order valence-electron chi connectivity index (χ0n) is 12.1. The maximum atomic E-state index is 10.4. The van der Waals surface area contributed by atoms with Gasteiger partial charge in [-0.3, -0.25) is 4.79 Å². The van der Waals surface area contributed by atoms with Gasteiger partial charge in [-0.1, -0.05) is 30.4 Å². The molecule has 1 aromatic rings. The summed E-state index contributed by atoms with van der Waals surface area (Å²) in [5, 5.41) is 0. The van der Waals surface area contributed by atoms with Crippen molar-refractivity contribution < 1.29 is 9.53 Å². The molecule has 1 aromatic carbocycles. The Morgan fingerprint density at radius 1 is 1.10 bits per heavy atom. The van der Waals surface area contributed by atoms with E-state index < -0.39 is 0 Å². The van der Waals surface area contributed by atoms with Crippen LogP contribution in [0.3, 0.4) is 0 Å². The third-order valence-corrected chi connectivity index (χ3v) is 3.43. The number of benzene rings is 1. The predicted molar refractivity (Wildman–Crippen MR) is 85.6 cm³/mol. The number of carbonyl (C=O) groups is 1. The van der Waals surface area contributed by atoms with Crippen molar-refractivity contribution in [2.24, 2.45) is 5.73 Å². The number of rotatable bonds is 1. The van der Waals surface area contributed by atoms with E-state index in [1.54, 1.807) is 0 Å². The molecule has 0 spiro atoms. The molecule has 21 heavy (non-hydrogen) atoms. The molecule has 0 radical (unpaired) electrons. The van der Waals surface area contributed by atoms with Gasteiger partial charge in [0.15, 0.2) is 0 Å². The SMILES string of the molecule is Nc1ccc(C2=CCC(N)C=C2)cc1.O=C1CCOCC1. The second kappa shape index (κ2) is 7.76. The molecular weight excluding hydrogens is 264 g/mol. The van der Waals surface area contributed by atoms with Gasteiger partial charge in [-0.05, 0) is 29.7 Å². The van der Waals surface area contributed by atoms with Crippen molar-refractivity contribution in [3.8, 4) is 0 Å². The van der Waals surface area contributed by atoms with Gasteiger partial charge in [-0.15, -0.1) is 0 Å². The highest BCUT2D eigenvalue weighted by molar-refractivity contribution is 5.79. The number of anilines is 1. The Kier molecular flexibility index (Phi) is 5.72. The zero-order valence-corrected chi connectivity index (χ0v) is 12.1. The fourth-order valence-corrected chi connectivity index (χ4v) is 2.13. The lowest BCUT2D eigenvalue weighted by Gasteiger charge is -2.11. The van der Waals surface area contributed by atoms with Gasteiger partial charge in [-0.2, -0.15) is 0 Å². The molecule has 1 aliphatic heterocycles. The molecule has 112 valence electrons. The summed E-state index contributed by atoms with van der Waals surface area (Å²) < 4.78 is 4.92. The standard InChI is InChI=1S/C12H14N2.C5H8O2/c13-11-5-1-9(2-6-11)10-3-7-12(14)8-4-10;6-5-1-3-7-4-2-5/h1-7,12H,8,13-14H2;1-4H2. The molecule has 0 aromatic heterocycles. The molecule has 0 bridgehead atoms. The Hall–Kier alpha value is -1.91. The predicted octanol–water partition coefficient (Wildman–Crippen LogP) is 2.31. The van der Waals surface area contributed by atoms with Crippen LogP contribution in [0, 0.1) is 0 Å². The number of Topliss-reactive ketones (excluding diaryl/α,β-unsaturated/α-hetero) is 1. The Balaban J connectivity index is 0.000000194. The molecule has 1 saturated heterocycles. The van der Waals surface area contributed by atoms with Crippen LogP contribution in [0.25, 0.3) is 5.57 Å². The van der Waals surface area contributed by atoms with Gasteiger partial charge in [0, 0.05) is 24.6 Å². The van der Waals surface area contributed by atoms with Crippen LogP contribution in [0.1, 0.15) is 24.8 Å². The van der Waals surface area contributed by atoms with Gasteiger partial charge in [-0.25, -0.2) is 0 Å². The molecule has 4 heteroatoms. The Morgan fingerprint density at radius 2 is 1.76 bits per heavy atom. The summed E-state index contributed by atoms with van der Waals surface area (Å²) in [6.45, 7) is 1.28. The van der Waals surface area contributed by atoms with E-state index in [1.165, 1.54) is 11.1 Å². The monoisotopic (exact) mass is 286 g/mol. The molecule has 1 fully saturated rings. The average Bonchev–Trinajstić information content (AvgIpc) is 2.50. The number of hydrogen-bond acceptors (Lipinski definition) is 4. The first kappa shape index (κ1) is 15.5. The molecule has 1 unspecified atom stereocenters. The Morgan fingerprint density at radius 3 is 2.24 bits per heavy atom. The van der Waals surface area contributed by atoms with Crippen LogP contribution in [-0.4, -0.2) is 25.0 Å². The van der Waals surface area contributed by atoms with Gasteiger partial charge < -0.3 is 16.2 Å². The average molecular weight is 286 g/mol. The van der Waals surface area contributed by atoms with Crippen LogP contribution in [0.15, 0.2) is 42.5 Å². The lowest BCUT2D eigenvalue weighted by Crippen LogP contribution is -2.17. The molecule has 3 rings (SSSR count). The number of nitrogen functional groups attached to an aromatic ring is 1. The molecule has 1 aliphatic carbocycles.